The minimum absolute atomic E-state index is 0.358. The van der Waals surface area contributed by atoms with Crippen LogP contribution < -0.4 is 5.32 Å². The summed E-state index contributed by atoms with van der Waals surface area (Å²) < 4.78 is 22.4. The largest absolute Gasteiger partial charge is 0.313 e. The zero-order chi connectivity index (χ0) is 12.0. The Morgan fingerprint density at radius 1 is 1.25 bits per heavy atom. The van der Waals surface area contributed by atoms with E-state index in [0.29, 0.717) is 10.8 Å². The summed E-state index contributed by atoms with van der Waals surface area (Å²) in [7, 11) is -3.09. The van der Waals surface area contributed by atoms with E-state index in [4.69, 9.17) is 11.6 Å². The molecule has 0 radical (unpaired) electrons. The van der Waals surface area contributed by atoms with Crippen molar-refractivity contribution in [3.8, 4) is 0 Å². The molecule has 1 aromatic rings. The number of rotatable bonds is 6. The lowest BCUT2D eigenvalue weighted by Gasteiger charge is -2.04. The number of hydrogen-bond donors (Lipinski definition) is 1. The van der Waals surface area contributed by atoms with E-state index in [0.717, 1.165) is 25.1 Å². The third-order valence-electron chi connectivity index (χ3n) is 2.17. The average molecular weight is 262 g/mol. The van der Waals surface area contributed by atoms with Crippen molar-refractivity contribution in [2.24, 2.45) is 0 Å². The van der Waals surface area contributed by atoms with Crippen molar-refractivity contribution in [3.63, 3.8) is 0 Å². The first-order valence-electron chi connectivity index (χ1n) is 5.09. The highest BCUT2D eigenvalue weighted by atomic mass is 35.5. The van der Waals surface area contributed by atoms with E-state index < -0.39 is 9.84 Å². The van der Waals surface area contributed by atoms with Gasteiger partial charge < -0.3 is 5.32 Å². The normalized spacial score (nSPS) is 11.6. The Labute approximate surface area is 102 Å². The fraction of sp³-hybridized carbons (Fsp3) is 0.455. The monoisotopic (exact) mass is 261 g/mol. The summed E-state index contributed by atoms with van der Waals surface area (Å²) in [5.41, 5.74) is 1.07. The maximum absolute atomic E-state index is 11.2. The molecule has 0 saturated carbocycles. The van der Waals surface area contributed by atoms with Gasteiger partial charge in [0, 0.05) is 18.7 Å². The van der Waals surface area contributed by atoms with Crippen molar-refractivity contribution in [1.29, 1.82) is 0 Å². The first-order valence-corrected chi connectivity index (χ1v) is 7.52. The van der Waals surface area contributed by atoms with Crippen LogP contribution in [0.1, 0.15) is 12.0 Å². The second-order valence-corrected chi connectivity index (χ2v) is 6.03. The minimum Gasteiger partial charge on any atom is -0.313 e. The predicted octanol–water partition coefficient (Wildman–Crippen LogP) is 1.81. The van der Waals surface area contributed by atoms with E-state index in [-0.39, 0.29) is 0 Å². The SMILES string of the molecule is CS(=O)(=O)c1ccc(CNCCCCl)cc1. The lowest BCUT2D eigenvalue weighted by molar-refractivity contribution is 0.601. The molecule has 0 atom stereocenters. The Morgan fingerprint density at radius 2 is 1.88 bits per heavy atom. The molecule has 0 bridgehead atoms. The Hall–Kier alpha value is -0.580. The number of benzene rings is 1. The van der Waals surface area contributed by atoms with Crippen LogP contribution in [0.3, 0.4) is 0 Å². The smallest absolute Gasteiger partial charge is 0.175 e. The standard InChI is InChI=1S/C11H16ClNO2S/c1-16(14,15)11-5-3-10(4-6-11)9-13-8-2-7-12/h3-6,13H,2,7-9H2,1H3. The Kier molecular flexibility index (Phi) is 5.25. The summed E-state index contributed by atoms with van der Waals surface area (Å²) in [6.07, 6.45) is 2.14. The van der Waals surface area contributed by atoms with Crippen LogP contribution in [0, 0.1) is 0 Å². The quantitative estimate of drug-likeness (QED) is 0.628. The van der Waals surface area contributed by atoms with Crippen LogP contribution in [-0.2, 0) is 16.4 Å². The summed E-state index contributed by atoms with van der Waals surface area (Å²) in [5, 5.41) is 3.23. The van der Waals surface area contributed by atoms with Gasteiger partial charge in [0.2, 0.25) is 0 Å². The van der Waals surface area contributed by atoms with Gasteiger partial charge in [-0.05, 0) is 30.7 Å². The second kappa shape index (κ2) is 6.23. The Bertz CT molecular complexity index is 414. The zero-order valence-corrected chi connectivity index (χ0v) is 10.8. The summed E-state index contributed by atoms with van der Waals surface area (Å²) in [5.74, 6) is 0.653. The molecule has 0 aliphatic heterocycles. The van der Waals surface area contributed by atoms with Crippen LogP contribution in [0.4, 0.5) is 0 Å². The van der Waals surface area contributed by atoms with Gasteiger partial charge in [-0.25, -0.2) is 8.42 Å². The molecule has 0 fully saturated rings. The van der Waals surface area contributed by atoms with E-state index >= 15 is 0 Å². The van der Waals surface area contributed by atoms with Crippen LogP contribution in [0.15, 0.2) is 29.2 Å². The number of hydrogen-bond acceptors (Lipinski definition) is 3. The molecule has 0 saturated heterocycles. The molecule has 0 heterocycles. The van der Waals surface area contributed by atoms with Crippen LogP contribution in [0.5, 0.6) is 0 Å². The van der Waals surface area contributed by atoms with Crippen molar-refractivity contribution in [3.05, 3.63) is 29.8 Å². The maximum Gasteiger partial charge on any atom is 0.175 e. The number of nitrogens with one attached hydrogen (secondary N) is 1. The van der Waals surface area contributed by atoms with Crippen LogP contribution in [0.25, 0.3) is 0 Å². The lowest BCUT2D eigenvalue weighted by atomic mass is 10.2. The van der Waals surface area contributed by atoms with E-state index in [9.17, 15) is 8.42 Å². The van der Waals surface area contributed by atoms with Gasteiger partial charge in [-0.3, -0.25) is 0 Å². The van der Waals surface area contributed by atoms with Crippen LogP contribution >= 0.6 is 11.6 Å². The number of halogens is 1. The van der Waals surface area contributed by atoms with Crippen molar-refractivity contribution in [2.45, 2.75) is 17.9 Å². The van der Waals surface area contributed by atoms with Gasteiger partial charge >= 0.3 is 0 Å². The van der Waals surface area contributed by atoms with E-state index in [1.54, 1.807) is 12.1 Å². The van der Waals surface area contributed by atoms with E-state index in [1.807, 2.05) is 12.1 Å². The molecule has 90 valence electrons. The van der Waals surface area contributed by atoms with Gasteiger partial charge in [-0.15, -0.1) is 11.6 Å². The third-order valence-corrected chi connectivity index (χ3v) is 3.56. The molecule has 16 heavy (non-hydrogen) atoms. The summed E-state index contributed by atoms with van der Waals surface area (Å²) >= 11 is 5.55. The topological polar surface area (TPSA) is 46.2 Å². The highest BCUT2D eigenvalue weighted by Gasteiger charge is 2.05. The summed E-state index contributed by atoms with van der Waals surface area (Å²) in [6, 6.07) is 6.91. The van der Waals surface area contributed by atoms with Gasteiger partial charge in [0.15, 0.2) is 9.84 Å². The van der Waals surface area contributed by atoms with Gasteiger partial charge in [0.1, 0.15) is 0 Å². The average Bonchev–Trinajstić information content (AvgIpc) is 2.24. The summed E-state index contributed by atoms with van der Waals surface area (Å²) in [4.78, 5) is 0.358. The lowest BCUT2D eigenvalue weighted by Crippen LogP contribution is -2.15. The first kappa shape index (κ1) is 13.5. The fourth-order valence-electron chi connectivity index (χ4n) is 1.28. The third kappa shape index (κ3) is 4.51. The van der Waals surface area contributed by atoms with Gasteiger partial charge in [-0.2, -0.15) is 0 Å². The molecule has 1 N–H and O–H groups in total. The van der Waals surface area contributed by atoms with Gasteiger partial charge in [-0.1, -0.05) is 12.1 Å². The molecule has 0 spiro atoms. The maximum atomic E-state index is 11.2. The molecule has 0 amide bonds. The second-order valence-electron chi connectivity index (χ2n) is 3.64. The molecular formula is C11H16ClNO2S. The molecule has 3 nitrogen and oxygen atoms in total. The Balaban J connectivity index is 2.52. The van der Waals surface area contributed by atoms with Crippen molar-refractivity contribution < 1.29 is 8.42 Å². The molecular weight excluding hydrogens is 246 g/mol. The highest BCUT2D eigenvalue weighted by molar-refractivity contribution is 7.90. The molecule has 1 rings (SSSR count). The van der Waals surface area contributed by atoms with E-state index in [2.05, 4.69) is 5.32 Å². The van der Waals surface area contributed by atoms with Crippen molar-refractivity contribution in [1.82, 2.24) is 5.32 Å². The molecule has 0 aromatic heterocycles. The Morgan fingerprint density at radius 3 is 2.38 bits per heavy atom. The number of sulfone groups is 1. The van der Waals surface area contributed by atoms with Crippen molar-refractivity contribution in [2.75, 3.05) is 18.7 Å². The minimum atomic E-state index is -3.09. The molecule has 1 aromatic carbocycles. The zero-order valence-electron chi connectivity index (χ0n) is 9.24. The molecule has 0 unspecified atom stereocenters. The van der Waals surface area contributed by atoms with Gasteiger partial charge in [0.05, 0.1) is 4.90 Å². The van der Waals surface area contributed by atoms with Crippen LogP contribution in [0.2, 0.25) is 0 Å². The first-order chi connectivity index (χ1) is 7.54. The predicted molar refractivity (Wildman–Crippen MR) is 66.6 cm³/mol. The molecule has 0 aliphatic carbocycles. The highest BCUT2D eigenvalue weighted by Crippen LogP contribution is 2.09. The van der Waals surface area contributed by atoms with Crippen LogP contribution in [-0.4, -0.2) is 27.1 Å². The fourth-order valence-corrected chi connectivity index (χ4v) is 2.04. The molecule has 0 aliphatic rings. The van der Waals surface area contributed by atoms with E-state index in [1.165, 1.54) is 6.26 Å². The number of alkyl halides is 1. The molecule has 5 heteroatoms. The van der Waals surface area contributed by atoms with Crippen molar-refractivity contribution >= 4 is 21.4 Å². The van der Waals surface area contributed by atoms with Gasteiger partial charge in [0.25, 0.3) is 0 Å². The summed E-state index contributed by atoms with van der Waals surface area (Å²) in [6.45, 7) is 1.61.